The molecule has 0 aromatic heterocycles. The van der Waals surface area contributed by atoms with E-state index in [-0.39, 0.29) is 12.5 Å². The van der Waals surface area contributed by atoms with Crippen molar-refractivity contribution in [2.24, 2.45) is 0 Å². The molecule has 0 radical (unpaired) electrons. The number of hydroxylamine groups is 3. The van der Waals surface area contributed by atoms with E-state index in [2.05, 4.69) is 6.92 Å². The fourth-order valence-electron chi connectivity index (χ4n) is 2.76. The zero-order valence-electron chi connectivity index (χ0n) is 19.0. The molecule has 0 N–H and O–H groups in total. The number of hydrogen-bond acceptors (Lipinski definition) is 4. The molecule has 0 heterocycles. The summed E-state index contributed by atoms with van der Waals surface area (Å²) >= 11 is 0. The first kappa shape index (κ1) is 28.1. The maximum atomic E-state index is 10.9. The van der Waals surface area contributed by atoms with Gasteiger partial charge in [0.25, 0.3) is 0 Å². The van der Waals surface area contributed by atoms with Crippen LogP contribution in [0.15, 0.2) is 0 Å². The Bertz CT molecular complexity index is 390. The molecule has 0 amide bonds. The SMILES string of the molecule is CCCCCCCCCCCC[N+](C)(C)OC(C)=O.C[N+](C)(C)CC(=O)[O-]. The van der Waals surface area contributed by atoms with Crippen molar-refractivity contribution in [2.75, 3.05) is 48.3 Å². The Labute approximate surface area is 167 Å². The summed E-state index contributed by atoms with van der Waals surface area (Å²) in [5, 5.41) is 9.89. The fourth-order valence-corrected chi connectivity index (χ4v) is 2.76. The van der Waals surface area contributed by atoms with Crippen molar-refractivity contribution in [1.29, 1.82) is 0 Å². The predicted molar refractivity (Wildman–Crippen MR) is 108 cm³/mol. The number of hydrogen-bond donors (Lipinski definition) is 0. The highest BCUT2D eigenvalue weighted by Gasteiger charge is 2.18. The van der Waals surface area contributed by atoms with Crippen molar-refractivity contribution in [2.45, 2.75) is 78.1 Å². The van der Waals surface area contributed by atoms with Gasteiger partial charge in [0.2, 0.25) is 0 Å². The van der Waals surface area contributed by atoms with Crippen LogP contribution in [-0.4, -0.2) is 69.4 Å². The summed E-state index contributed by atoms with van der Waals surface area (Å²) in [6.07, 6.45) is 13.4. The Kier molecular flexibility index (Phi) is 16.5. The van der Waals surface area contributed by atoms with Crippen LogP contribution in [0.4, 0.5) is 0 Å². The summed E-state index contributed by atoms with van der Waals surface area (Å²) in [5.74, 6) is -1.20. The topological polar surface area (TPSA) is 66.4 Å². The van der Waals surface area contributed by atoms with Crippen LogP contribution in [0.5, 0.6) is 0 Å². The van der Waals surface area contributed by atoms with Crippen LogP contribution in [0.3, 0.4) is 0 Å². The molecule has 0 aromatic carbocycles. The Morgan fingerprint density at radius 1 is 0.778 bits per heavy atom. The number of aliphatic carboxylic acids is 1. The first-order valence-corrected chi connectivity index (χ1v) is 10.4. The van der Waals surface area contributed by atoms with E-state index in [1.807, 2.05) is 14.1 Å². The van der Waals surface area contributed by atoms with Crippen molar-refractivity contribution in [3.63, 3.8) is 0 Å². The molecule has 0 spiro atoms. The Hall–Kier alpha value is -1.14. The number of likely N-dealkylation sites (N-methyl/N-ethyl adjacent to an activating group) is 1. The van der Waals surface area contributed by atoms with E-state index in [9.17, 15) is 14.7 Å². The quantitative estimate of drug-likeness (QED) is 0.260. The molecule has 0 aliphatic heterocycles. The van der Waals surface area contributed by atoms with Crippen LogP contribution in [0.2, 0.25) is 0 Å². The maximum Gasteiger partial charge on any atom is 0.363 e. The Morgan fingerprint density at radius 3 is 1.48 bits per heavy atom. The van der Waals surface area contributed by atoms with Crippen LogP contribution < -0.4 is 5.11 Å². The van der Waals surface area contributed by atoms with E-state index in [1.165, 1.54) is 64.7 Å². The van der Waals surface area contributed by atoms with Gasteiger partial charge < -0.3 is 14.4 Å². The molecule has 6 heteroatoms. The highest BCUT2D eigenvalue weighted by atomic mass is 16.7. The minimum absolute atomic E-state index is 0.0694. The molecule has 0 bridgehead atoms. The minimum Gasteiger partial charge on any atom is -0.544 e. The molecule has 0 aliphatic rings. The smallest absolute Gasteiger partial charge is 0.363 e. The summed E-state index contributed by atoms with van der Waals surface area (Å²) in [5.41, 5.74) is 0. The highest BCUT2D eigenvalue weighted by molar-refractivity contribution is 5.65. The lowest BCUT2D eigenvalue weighted by Gasteiger charge is -2.25. The summed E-state index contributed by atoms with van der Waals surface area (Å²) in [7, 11) is 9.28. The van der Waals surface area contributed by atoms with E-state index in [0.717, 1.165) is 13.0 Å². The average molecular weight is 390 g/mol. The molecular weight excluding hydrogens is 344 g/mol. The molecule has 0 saturated carbocycles. The van der Waals surface area contributed by atoms with Crippen LogP contribution in [-0.2, 0) is 14.4 Å². The van der Waals surface area contributed by atoms with Crippen molar-refractivity contribution in [1.82, 2.24) is 0 Å². The fraction of sp³-hybridized carbons (Fsp3) is 0.905. The molecule has 162 valence electrons. The van der Waals surface area contributed by atoms with E-state index in [4.69, 9.17) is 4.84 Å². The summed E-state index contributed by atoms with van der Waals surface area (Å²) in [6.45, 7) is 4.71. The normalized spacial score (nSPS) is 11.5. The zero-order valence-corrected chi connectivity index (χ0v) is 19.0. The number of carbonyl (C=O) groups is 2. The second-order valence-electron chi connectivity index (χ2n) is 8.88. The van der Waals surface area contributed by atoms with Gasteiger partial charge in [0.15, 0.2) is 0 Å². The van der Waals surface area contributed by atoms with Gasteiger partial charge in [-0.25, -0.2) is 4.79 Å². The number of unbranched alkanes of at least 4 members (excludes halogenated alkanes) is 9. The van der Waals surface area contributed by atoms with E-state index < -0.39 is 5.97 Å². The van der Waals surface area contributed by atoms with Gasteiger partial charge in [-0.2, -0.15) is 0 Å². The van der Waals surface area contributed by atoms with Gasteiger partial charge >= 0.3 is 5.97 Å². The molecule has 0 unspecified atom stereocenters. The first-order valence-electron chi connectivity index (χ1n) is 10.4. The van der Waals surface area contributed by atoms with E-state index >= 15 is 0 Å². The second-order valence-corrected chi connectivity index (χ2v) is 8.88. The summed E-state index contributed by atoms with van der Waals surface area (Å²) < 4.78 is 0.773. The van der Waals surface area contributed by atoms with Gasteiger partial charge in [0.1, 0.15) is 27.2 Å². The molecule has 0 fully saturated rings. The largest absolute Gasteiger partial charge is 0.544 e. The van der Waals surface area contributed by atoms with Gasteiger partial charge in [-0.05, 0) is 6.42 Å². The van der Waals surface area contributed by atoms with E-state index in [0.29, 0.717) is 9.13 Å². The predicted octanol–water partition coefficient (Wildman–Crippen LogP) is 2.90. The lowest BCUT2D eigenvalue weighted by Crippen LogP contribution is -2.45. The van der Waals surface area contributed by atoms with Crippen molar-refractivity contribution < 1.29 is 28.7 Å². The van der Waals surface area contributed by atoms with Crippen molar-refractivity contribution in [3.8, 4) is 0 Å². The molecule has 0 rings (SSSR count). The molecule has 0 aromatic rings. The second kappa shape index (κ2) is 15.9. The van der Waals surface area contributed by atoms with Gasteiger partial charge in [0, 0.05) is 13.3 Å². The van der Waals surface area contributed by atoms with Crippen LogP contribution in [0.25, 0.3) is 0 Å². The Balaban J connectivity index is 0. The van der Waals surface area contributed by atoms with Crippen molar-refractivity contribution >= 4 is 11.9 Å². The standard InChI is InChI=1S/C16H34NO2.C5H11NO2/c1-5-6-7-8-9-10-11-12-13-14-15-17(3,4)19-16(2)18;1-6(2,3)4-5(7)8/h5-15H2,1-4H3;4H2,1-3H3/q+1;. The number of carboxylic acids is 1. The average Bonchev–Trinajstić information content (AvgIpc) is 2.46. The van der Waals surface area contributed by atoms with Crippen LogP contribution >= 0.6 is 0 Å². The minimum atomic E-state index is -1.00. The lowest BCUT2D eigenvalue weighted by molar-refractivity contribution is -1.06. The Morgan fingerprint density at radius 2 is 1.19 bits per heavy atom. The van der Waals surface area contributed by atoms with Crippen molar-refractivity contribution in [3.05, 3.63) is 0 Å². The molecular formula is C21H45N2O4+. The number of quaternary nitrogens is 2. The molecule has 0 saturated heterocycles. The number of carboxylic acid groups (broad SMARTS) is 1. The molecule has 27 heavy (non-hydrogen) atoms. The summed E-state index contributed by atoms with van der Waals surface area (Å²) in [4.78, 5) is 26.0. The third-order valence-corrected chi connectivity index (χ3v) is 4.03. The van der Waals surface area contributed by atoms with Crippen LogP contribution in [0, 0.1) is 0 Å². The maximum absolute atomic E-state index is 10.9. The molecule has 6 nitrogen and oxygen atoms in total. The van der Waals surface area contributed by atoms with Gasteiger partial charge in [-0.15, -0.1) is 4.65 Å². The summed E-state index contributed by atoms with van der Waals surface area (Å²) in [6, 6.07) is 0. The van der Waals surface area contributed by atoms with Gasteiger partial charge in [0.05, 0.1) is 27.1 Å². The molecule has 0 aliphatic carbocycles. The van der Waals surface area contributed by atoms with E-state index in [1.54, 1.807) is 21.1 Å². The zero-order chi connectivity index (χ0) is 21.3. The third-order valence-electron chi connectivity index (χ3n) is 4.03. The molecule has 0 atom stereocenters. The third kappa shape index (κ3) is 27.2. The van der Waals surface area contributed by atoms with Crippen LogP contribution in [0.1, 0.15) is 78.1 Å². The lowest BCUT2D eigenvalue weighted by atomic mass is 10.1. The van der Waals surface area contributed by atoms with Gasteiger partial charge in [-0.1, -0.05) is 58.3 Å². The first-order chi connectivity index (χ1) is 12.4. The monoisotopic (exact) mass is 389 g/mol. The highest BCUT2D eigenvalue weighted by Crippen LogP contribution is 2.11. The number of carbonyl (C=O) groups excluding carboxylic acids is 2. The number of rotatable bonds is 14. The number of nitrogens with zero attached hydrogens (tertiary/aromatic N) is 2. The van der Waals surface area contributed by atoms with Gasteiger partial charge in [-0.3, -0.25) is 4.84 Å².